The summed E-state index contributed by atoms with van der Waals surface area (Å²) in [4.78, 5) is 16.6. The molecule has 0 unspecified atom stereocenters. The highest BCUT2D eigenvalue weighted by atomic mass is 35.5. The summed E-state index contributed by atoms with van der Waals surface area (Å²) in [6.45, 7) is 4.09. The molecule has 5 nitrogen and oxygen atoms in total. The first-order valence-corrected chi connectivity index (χ1v) is 9.05. The van der Waals surface area contributed by atoms with Gasteiger partial charge in [-0.05, 0) is 42.3 Å². The van der Waals surface area contributed by atoms with Crippen molar-refractivity contribution in [1.29, 1.82) is 5.26 Å². The highest BCUT2D eigenvalue weighted by molar-refractivity contribution is 6.30. The van der Waals surface area contributed by atoms with Crippen molar-refractivity contribution in [3.8, 4) is 6.07 Å². The molecule has 0 spiro atoms. The molecule has 0 bridgehead atoms. The first kappa shape index (κ1) is 18.2. The maximum atomic E-state index is 12.4. The molecule has 2 aromatic carbocycles. The molecule has 134 valence electrons. The summed E-state index contributed by atoms with van der Waals surface area (Å²) >= 11 is 5.91. The number of rotatable bonds is 4. The molecular weight excluding hydrogens is 348 g/mol. The van der Waals surface area contributed by atoms with E-state index in [0.717, 1.165) is 31.1 Å². The minimum atomic E-state index is -0.113. The van der Waals surface area contributed by atoms with Gasteiger partial charge in [0.15, 0.2) is 0 Å². The van der Waals surface area contributed by atoms with Crippen molar-refractivity contribution in [2.24, 2.45) is 0 Å². The molecule has 1 saturated heterocycles. The largest absolute Gasteiger partial charge is 0.322 e. The van der Waals surface area contributed by atoms with Gasteiger partial charge in [-0.25, -0.2) is 4.79 Å². The van der Waals surface area contributed by atoms with Gasteiger partial charge in [-0.2, -0.15) is 5.26 Å². The Bertz CT molecular complexity index is 792. The van der Waals surface area contributed by atoms with Crippen molar-refractivity contribution in [1.82, 2.24) is 9.80 Å². The van der Waals surface area contributed by atoms with E-state index in [-0.39, 0.29) is 6.03 Å². The van der Waals surface area contributed by atoms with Crippen molar-refractivity contribution in [3.05, 3.63) is 64.7 Å². The molecule has 1 aliphatic heterocycles. The molecule has 1 heterocycles. The smallest absolute Gasteiger partial charge is 0.321 e. The maximum Gasteiger partial charge on any atom is 0.321 e. The van der Waals surface area contributed by atoms with Crippen molar-refractivity contribution in [2.75, 3.05) is 38.0 Å². The van der Waals surface area contributed by atoms with E-state index in [1.54, 1.807) is 24.3 Å². The zero-order valence-corrected chi connectivity index (χ0v) is 15.2. The lowest BCUT2D eigenvalue weighted by molar-refractivity contribution is 0.148. The second kappa shape index (κ2) is 8.70. The van der Waals surface area contributed by atoms with Crippen LogP contribution in [0.5, 0.6) is 0 Å². The number of hydrogen-bond donors (Lipinski definition) is 1. The van der Waals surface area contributed by atoms with Crippen LogP contribution in [0.2, 0.25) is 5.02 Å². The summed E-state index contributed by atoms with van der Waals surface area (Å²) < 4.78 is 0. The first-order chi connectivity index (χ1) is 12.6. The van der Waals surface area contributed by atoms with Gasteiger partial charge in [-0.15, -0.1) is 0 Å². The number of amides is 2. The number of nitriles is 1. The quantitative estimate of drug-likeness (QED) is 0.896. The topological polar surface area (TPSA) is 59.4 Å². The molecule has 1 N–H and O–H groups in total. The number of nitrogens with one attached hydrogen (secondary N) is 1. The van der Waals surface area contributed by atoms with Gasteiger partial charge in [0.25, 0.3) is 0 Å². The van der Waals surface area contributed by atoms with E-state index < -0.39 is 0 Å². The third-order valence-electron chi connectivity index (χ3n) is 4.53. The zero-order chi connectivity index (χ0) is 18.4. The van der Waals surface area contributed by atoms with Gasteiger partial charge in [0.1, 0.15) is 0 Å². The lowest BCUT2D eigenvalue weighted by Gasteiger charge is -2.34. The summed E-state index contributed by atoms with van der Waals surface area (Å²) in [7, 11) is 0. The predicted octanol–water partition coefficient (Wildman–Crippen LogP) is 3.60. The normalized spacial score (nSPS) is 14.7. The van der Waals surface area contributed by atoms with Gasteiger partial charge in [-0.1, -0.05) is 29.8 Å². The number of benzene rings is 2. The summed E-state index contributed by atoms with van der Waals surface area (Å²) in [5, 5.41) is 12.6. The molecule has 0 aromatic heterocycles. The Morgan fingerprint density at radius 1 is 1.12 bits per heavy atom. The molecule has 1 fully saturated rings. The number of urea groups is 1. The van der Waals surface area contributed by atoms with Crippen LogP contribution in [0.4, 0.5) is 10.5 Å². The van der Waals surface area contributed by atoms with Crippen LogP contribution in [0.25, 0.3) is 0 Å². The molecule has 1 aliphatic rings. The average Bonchev–Trinajstić information content (AvgIpc) is 2.68. The van der Waals surface area contributed by atoms with Gasteiger partial charge >= 0.3 is 6.03 Å². The van der Waals surface area contributed by atoms with Crippen molar-refractivity contribution >= 4 is 23.3 Å². The van der Waals surface area contributed by atoms with E-state index >= 15 is 0 Å². The van der Waals surface area contributed by atoms with Crippen LogP contribution in [0.1, 0.15) is 11.1 Å². The van der Waals surface area contributed by atoms with Crippen molar-refractivity contribution < 1.29 is 4.79 Å². The highest BCUT2D eigenvalue weighted by Gasteiger charge is 2.20. The number of nitrogens with zero attached hydrogens (tertiary/aromatic N) is 3. The fourth-order valence-corrected chi connectivity index (χ4v) is 3.11. The second-order valence-electron chi connectivity index (χ2n) is 6.33. The lowest BCUT2D eigenvalue weighted by Crippen LogP contribution is -2.50. The highest BCUT2D eigenvalue weighted by Crippen LogP contribution is 2.13. The minimum absolute atomic E-state index is 0.113. The fourth-order valence-electron chi connectivity index (χ4n) is 2.98. The number of carbonyl (C=O) groups excluding carboxylic acids is 1. The molecule has 0 radical (unpaired) electrons. The van der Waals surface area contributed by atoms with Crippen LogP contribution in [0.15, 0.2) is 48.5 Å². The van der Waals surface area contributed by atoms with Crippen molar-refractivity contribution in [2.45, 2.75) is 6.42 Å². The van der Waals surface area contributed by atoms with Gasteiger partial charge in [0, 0.05) is 43.4 Å². The van der Waals surface area contributed by atoms with Crippen LogP contribution in [-0.4, -0.2) is 48.6 Å². The monoisotopic (exact) mass is 368 g/mol. The Kier molecular flexibility index (Phi) is 6.11. The number of hydrogen-bond acceptors (Lipinski definition) is 3. The molecule has 2 aromatic rings. The van der Waals surface area contributed by atoms with Gasteiger partial charge < -0.3 is 10.2 Å². The van der Waals surface area contributed by atoms with Crippen LogP contribution in [0.3, 0.4) is 0 Å². The molecule has 0 saturated carbocycles. The first-order valence-electron chi connectivity index (χ1n) is 8.67. The molecular formula is C20H21ClN4O. The number of carbonyl (C=O) groups is 1. The summed E-state index contributed by atoms with van der Waals surface area (Å²) in [5.41, 5.74) is 2.46. The van der Waals surface area contributed by atoms with Gasteiger partial charge in [-0.3, -0.25) is 4.90 Å². The summed E-state index contributed by atoms with van der Waals surface area (Å²) in [5.74, 6) is 0. The third-order valence-corrected chi connectivity index (χ3v) is 4.78. The molecule has 2 amide bonds. The van der Waals surface area contributed by atoms with Gasteiger partial charge in [0.2, 0.25) is 0 Å². The molecule has 0 atom stereocenters. The van der Waals surface area contributed by atoms with Crippen LogP contribution in [0, 0.1) is 11.3 Å². The lowest BCUT2D eigenvalue weighted by atomic mass is 10.1. The second-order valence-corrected chi connectivity index (χ2v) is 6.76. The Labute approximate surface area is 158 Å². The molecule has 0 aliphatic carbocycles. The average molecular weight is 369 g/mol. The third kappa shape index (κ3) is 4.98. The van der Waals surface area contributed by atoms with E-state index in [2.05, 4.69) is 28.4 Å². The zero-order valence-electron chi connectivity index (χ0n) is 14.5. The number of halogens is 1. The predicted molar refractivity (Wildman–Crippen MR) is 103 cm³/mol. The number of anilines is 1. The van der Waals surface area contributed by atoms with Crippen LogP contribution in [-0.2, 0) is 6.42 Å². The van der Waals surface area contributed by atoms with E-state index in [4.69, 9.17) is 16.9 Å². The van der Waals surface area contributed by atoms with E-state index in [1.165, 1.54) is 5.56 Å². The Morgan fingerprint density at radius 2 is 1.85 bits per heavy atom. The van der Waals surface area contributed by atoms with E-state index in [0.29, 0.717) is 24.3 Å². The standard InChI is InChI=1S/C20H21ClN4O/c21-18-6-4-16(5-7-18)8-9-24-10-12-25(13-11-24)20(26)23-19-3-1-2-17(14-19)15-22/h1-7,14H,8-13H2,(H,23,26). The fraction of sp³-hybridized carbons (Fsp3) is 0.300. The molecule has 3 rings (SSSR count). The Morgan fingerprint density at radius 3 is 2.54 bits per heavy atom. The minimum Gasteiger partial charge on any atom is -0.322 e. The van der Waals surface area contributed by atoms with E-state index in [9.17, 15) is 4.79 Å². The van der Waals surface area contributed by atoms with E-state index in [1.807, 2.05) is 17.0 Å². The Balaban J connectivity index is 1.44. The van der Waals surface area contributed by atoms with Crippen LogP contribution >= 0.6 is 11.6 Å². The van der Waals surface area contributed by atoms with Crippen LogP contribution < -0.4 is 5.32 Å². The Hall–Kier alpha value is -2.55. The van der Waals surface area contributed by atoms with Gasteiger partial charge in [0.05, 0.1) is 11.6 Å². The maximum absolute atomic E-state index is 12.4. The summed E-state index contributed by atoms with van der Waals surface area (Å²) in [6, 6.07) is 16.9. The SMILES string of the molecule is N#Cc1cccc(NC(=O)N2CCN(CCc3ccc(Cl)cc3)CC2)c1. The molecule has 6 heteroatoms. The van der Waals surface area contributed by atoms with Crippen molar-refractivity contribution in [3.63, 3.8) is 0 Å². The number of piperazine rings is 1. The summed E-state index contributed by atoms with van der Waals surface area (Å²) in [6.07, 6.45) is 0.977. The molecule has 26 heavy (non-hydrogen) atoms.